The summed E-state index contributed by atoms with van der Waals surface area (Å²) in [6.45, 7) is 12.3. The van der Waals surface area contributed by atoms with Crippen molar-refractivity contribution in [2.45, 2.75) is 59.1 Å². The van der Waals surface area contributed by atoms with Gasteiger partial charge in [-0.3, -0.25) is 33.9 Å². The Labute approximate surface area is 179 Å². The van der Waals surface area contributed by atoms with Crippen LogP contribution in [0, 0.1) is 0 Å². The second-order valence-corrected chi connectivity index (χ2v) is 8.94. The van der Waals surface area contributed by atoms with Gasteiger partial charge >= 0.3 is 11.9 Å². The van der Waals surface area contributed by atoms with Gasteiger partial charge in [0.15, 0.2) is 0 Å². The SMILES string of the molecule is CC(=O)CN1CCN(CC(=O)OC(C)(C)C)CCN(C(CCC(=O)O)C(C)=O)CC1. The van der Waals surface area contributed by atoms with E-state index in [1.54, 1.807) is 0 Å². The van der Waals surface area contributed by atoms with Gasteiger partial charge in [-0.25, -0.2) is 0 Å². The minimum Gasteiger partial charge on any atom is -0.481 e. The molecule has 0 amide bonds. The van der Waals surface area contributed by atoms with E-state index in [1.807, 2.05) is 35.5 Å². The predicted molar refractivity (Wildman–Crippen MR) is 112 cm³/mol. The molecule has 0 aromatic rings. The summed E-state index contributed by atoms with van der Waals surface area (Å²) in [5, 5.41) is 9.03. The van der Waals surface area contributed by atoms with Gasteiger partial charge in [0.05, 0.1) is 19.1 Å². The lowest BCUT2D eigenvalue weighted by atomic mass is 10.1. The molecule has 0 bridgehead atoms. The van der Waals surface area contributed by atoms with Gasteiger partial charge in [0.2, 0.25) is 0 Å². The molecule has 1 aliphatic heterocycles. The molecule has 1 atom stereocenters. The van der Waals surface area contributed by atoms with Crippen molar-refractivity contribution in [2.75, 3.05) is 52.4 Å². The summed E-state index contributed by atoms with van der Waals surface area (Å²) in [5.74, 6) is -1.28. The van der Waals surface area contributed by atoms with Crippen LogP contribution in [-0.2, 0) is 23.9 Å². The van der Waals surface area contributed by atoms with Crippen LogP contribution >= 0.6 is 0 Å². The van der Waals surface area contributed by atoms with E-state index in [0.29, 0.717) is 45.8 Å². The first-order valence-corrected chi connectivity index (χ1v) is 10.5. The van der Waals surface area contributed by atoms with E-state index in [1.165, 1.54) is 13.8 Å². The van der Waals surface area contributed by atoms with Crippen molar-refractivity contribution in [2.24, 2.45) is 0 Å². The summed E-state index contributed by atoms with van der Waals surface area (Å²) in [6.07, 6.45) is 0.156. The van der Waals surface area contributed by atoms with E-state index >= 15 is 0 Å². The maximum Gasteiger partial charge on any atom is 0.320 e. The Balaban J connectivity index is 2.93. The average Bonchev–Trinajstić information content (AvgIpc) is 2.65. The molecule has 0 spiro atoms. The highest BCUT2D eigenvalue weighted by atomic mass is 16.6. The summed E-state index contributed by atoms with van der Waals surface area (Å²) in [5.41, 5.74) is -0.569. The summed E-state index contributed by atoms with van der Waals surface area (Å²) in [6, 6.07) is -0.498. The third-order valence-corrected chi connectivity index (χ3v) is 4.90. The lowest BCUT2D eigenvalue weighted by Gasteiger charge is -2.31. The number of Topliss-reactive ketones (excluding diaryl/α,β-unsaturated/α-hetero) is 2. The summed E-state index contributed by atoms with van der Waals surface area (Å²) >= 11 is 0. The molecule has 0 aliphatic carbocycles. The molecule has 1 unspecified atom stereocenters. The third-order valence-electron chi connectivity index (χ3n) is 4.90. The monoisotopic (exact) mass is 427 g/mol. The zero-order valence-corrected chi connectivity index (χ0v) is 19.0. The number of hydrogen-bond acceptors (Lipinski definition) is 8. The molecule has 9 heteroatoms. The maximum absolute atomic E-state index is 12.3. The molecule has 1 saturated heterocycles. The first-order chi connectivity index (χ1) is 13.9. The number of carboxylic acid groups (broad SMARTS) is 1. The van der Waals surface area contributed by atoms with Crippen molar-refractivity contribution >= 4 is 23.5 Å². The van der Waals surface area contributed by atoms with Crippen LogP contribution < -0.4 is 0 Å². The Bertz CT molecular complexity index is 616. The summed E-state index contributed by atoms with van der Waals surface area (Å²) < 4.78 is 5.43. The Morgan fingerprint density at radius 1 is 0.900 bits per heavy atom. The van der Waals surface area contributed by atoms with Crippen LogP contribution in [0.4, 0.5) is 0 Å². The van der Waals surface area contributed by atoms with Crippen LogP contribution in [0.3, 0.4) is 0 Å². The van der Waals surface area contributed by atoms with E-state index in [0.717, 1.165) is 0 Å². The maximum atomic E-state index is 12.3. The van der Waals surface area contributed by atoms with Crippen molar-refractivity contribution in [1.82, 2.24) is 14.7 Å². The molecular formula is C21H37N3O6. The van der Waals surface area contributed by atoms with Gasteiger partial charge in [0.1, 0.15) is 17.2 Å². The van der Waals surface area contributed by atoms with E-state index in [-0.39, 0.29) is 36.9 Å². The second kappa shape index (κ2) is 12.1. The number of hydrogen-bond donors (Lipinski definition) is 1. The van der Waals surface area contributed by atoms with Crippen LogP contribution in [0.5, 0.6) is 0 Å². The minimum atomic E-state index is -0.935. The second-order valence-electron chi connectivity index (χ2n) is 8.94. The van der Waals surface area contributed by atoms with E-state index < -0.39 is 17.6 Å². The first kappa shape index (κ1) is 26.2. The van der Waals surface area contributed by atoms with Crippen molar-refractivity contribution in [3.8, 4) is 0 Å². The van der Waals surface area contributed by atoms with E-state index in [9.17, 15) is 19.2 Å². The van der Waals surface area contributed by atoms with Gasteiger partial charge in [-0.15, -0.1) is 0 Å². The molecule has 172 valence electrons. The van der Waals surface area contributed by atoms with Gasteiger partial charge in [0.25, 0.3) is 0 Å². The number of aliphatic carboxylic acids is 1. The number of rotatable bonds is 9. The molecule has 1 N–H and O–H groups in total. The van der Waals surface area contributed by atoms with Crippen molar-refractivity contribution in [1.29, 1.82) is 0 Å². The Kier molecular flexibility index (Phi) is 10.6. The molecule has 0 aromatic heterocycles. The van der Waals surface area contributed by atoms with Crippen LogP contribution in [0.1, 0.15) is 47.5 Å². The topological polar surface area (TPSA) is 107 Å². The lowest BCUT2D eigenvalue weighted by molar-refractivity contribution is -0.156. The predicted octanol–water partition coefficient (Wildman–Crippen LogP) is 0.659. The average molecular weight is 428 g/mol. The zero-order chi connectivity index (χ0) is 22.9. The zero-order valence-electron chi connectivity index (χ0n) is 19.0. The standard InChI is InChI=1S/C21H37N3O6/c1-16(25)14-22-8-9-23(15-20(29)30-21(3,4)5)11-13-24(12-10-22)18(17(2)26)6-7-19(27)28/h18H,6-15H2,1-5H3,(H,27,28). The minimum absolute atomic E-state index is 0.0495. The fraction of sp³-hybridized carbons (Fsp3) is 0.810. The molecule has 0 radical (unpaired) electrons. The molecule has 0 saturated carbocycles. The Hall–Kier alpha value is -1.84. The number of carbonyl (C=O) groups is 4. The fourth-order valence-corrected chi connectivity index (χ4v) is 3.56. The number of esters is 1. The molecule has 1 rings (SSSR count). The van der Waals surface area contributed by atoms with Crippen molar-refractivity contribution in [3.63, 3.8) is 0 Å². The molecule has 9 nitrogen and oxygen atoms in total. The van der Waals surface area contributed by atoms with E-state index in [4.69, 9.17) is 9.84 Å². The van der Waals surface area contributed by atoms with Gasteiger partial charge in [-0.1, -0.05) is 0 Å². The van der Waals surface area contributed by atoms with Gasteiger partial charge in [0, 0.05) is 45.7 Å². The fourth-order valence-electron chi connectivity index (χ4n) is 3.56. The molecule has 1 fully saturated rings. The lowest BCUT2D eigenvalue weighted by Crippen LogP contribution is -2.46. The third kappa shape index (κ3) is 10.8. The highest BCUT2D eigenvalue weighted by Crippen LogP contribution is 2.12. The smallest absolute Gasteiger partial charge is 0.320 e. The number of nitrogens with zero attached hydrogens (tertiary/aromatic N) is 3. The van der Waals surface area contributed by atoms with E-state index in [2.05, 4.69) is 0 Å². The van der Waals surface area contributed by atoms with Crippen molar-refractivity contribution in [3.05, 3.63) is 0 Å². The quantitative estimate of drug-likeness (QED) is 0.531. The van der Waals surface area contributed by atoms with Gasteiger partial charge < -0.3 is 9.84 Å². The molecule has 0 aromatic carbocycles. The normalized spacial score (nSPS) is 18.7. The highest BCUT2D eigenvalue weighted by molar-refractivity contribution is 5.82. The van der Waals surface area contributed by atoms with Crippen molar-refractivity contribution < 1.29 is 29.0 Å². The highest BCUT2D eigenvalue weighted by Gasteiger charge is 2.27. The Morgan fingerprint density at radius 2 is 1.40 bits per heavy atom. The molecule has 1 aliphatic rings. The number of carbonyl (C=O) groups excluding carboxylic acids is 3. The Morgan fingerprint density at radius 3 is 1.83 bits per heavy atom. The largest absolute Gasteiger partial charge is 0.481 e. The number of carboxylic acids is 1. The van der Waals surface area contributed by atoms with Crippen LogP contribution in [-0.4, -0.2) is 107 Å². The number of ether oxygens (including phenoxy) is 1. The van der Waals surface area contributed by atoms with Gasteiger partial charge in [-0.2, -0.15) is 0 Å². The molecule has 1 heterocycles. The first-order valence-electron chi connectivity index (χ1n) is 10.5. The van der Waals surface area contributed by atoms with Crippen LogP contribution in [0.25, 0.3) is 0 Å². The summed E-state index contributed by atoms with van der Waals surface area (Å²) in [4.78, 5) is 53.2. The summed E-state index contributed by atoms with van der Waals surface area (Å²) in [7, 11) is 0. The number of ketones is 2. The van der Waals surface area contributed by atoms with Gasteiger partial charge in [-0.05, 0) is 41.0 Å². The molecule has 30 heavy (non-hydrogen) atoms. The van der Waals surface area contributed by atoms with Crippen LogP contribution in [0.2, 0.25) is 0 Å². The van der Waals surface area contributed by atoms with Crippen LogP contribution in [0.15, 0.2) is 0 Å². The molecular weight excluding hydrogens is 390 g/mol.